The molecule has 2 rings (SSSR count). The first-order valence-corrected chi connectivity index (χ1v) is 3.74. The number of hydrogen-bond donors (Lipinski definition) is 1. The third-order valence-electron chi connectivity index (χ3n) is 2.28. The molecule has 0 spiro atoms. The van der Waals surface area contributed by atoms with Crippen LogP contribution in [-0.2, 0) is 0 Å². The zero-order chi connectivity index (χ0) is 6.10. The van der Waals surface area contributed by atoms with Crippen LogP contribution in [0.25, 0.3) is 0 Å². The van der Waals surface area contributed by atoms with E-state index in [1.165, 1.54) is 25.7 Å². The van der Waals surface area contributed by atoms with Gasteiger partial charge in [0.15, 0.2) is 0 Å². The van der Waals surface area contributed by atoms with Crippen LogP contribution in [0.5, 0.6) is 0 Å². The van der Waals surface area contributed by atoms with Gasteiger partial charge in [0, 0.05) is 6.04 Å². The Kier molecular flexibility index (Phi) is 1.18. The Balaban J connectivity index is 2.03. The summed E-state index contributed by atoms with van der Waals surface area (Å²) in [5.41, 5.74) is 0. The topological polar surface area (TPSA) is 24.4 Å². The highest BCUT2D eigenvalue weighted by Crippen LogP contribution is 2.22. The van der Waals surface area contributed by atoms with E-state index >= 15 is 0 Å². The number of hydrogen-bond acceptors (Lipinski definition) is 2. The third kappa shape index (κ3) is 0.824. The van der Waals surface area contributed by atoms with Gasteiger partial charge in [-0.3, -0.25) is 4.99 Å². The second-order valence-corrected chi connectivity index (χ2v) is 2.90. The average molecular weight is 124 g/mol. The molecule has 2 heteroatoms. The van der Waals surface area contributed by atoms with Gasteiger partial charge in [-0.1, -0.05) is 12.8 Å². The Morgan fingerprint density at radius 2 is 2.22 bits per heavy atom. The zero-order valence-corrected chi connectivity index (χ0v) is 5.51. The van der Waals surface area contributed by atoms with E-state index in [0.29, 0.717) is 12.1 Å². The van der Waals surface area contributed by atoms with Gasteiger partial charge in [-0.15, -0.1) is 0 Å². The lowest BCUT2D eigenvalue weighted by atomic mass is 9.92. The summed E-state index contributed by atoms with van der Waals surface area (Å²) in [5, 5.41) is 3.27. The highest BCUT2D eigenvalue weighted by molar-refractivity contribution is 5.58. The largest absolute Gasteiger partial charge is 0.372 e. The molecule has 1 heterocycles. The predicted molar refractivity (Wildman–Crippen MR) is 37.7 cm³/mol. The first-order chi connectivity index (χ1) is 4.47. The molecular weight excluding hydrogens is 112 g/mol. The lowest BCUT2D eigenvalue weighted by molar-refractivity contribution is 0.385. The minimum absolute atomic E-state index is 0.624. The molecule has 1 fully saturated rings. The second-order valence-electron chi connectivity index (χ2n) is 2.90. The van der Waals surface area contributed by atoms with Gasteiger partial charge in [0.2, 0.25) is 0 Å². The second kappa shape index (κ2) is 2.01. The molecule has 0 aromatic rings. The molecule has 2 atom stereocenters. The van der Waals surface area contributed by atoms with Gasteiger partial charge in [-0.2, -0.15) is 0 Å². The van der Waals surface area contributed by atoms with Gasteiger partial charge in [-0.05, 0) is 12.8 Å². The van der Waals surface area contributed by atoms with Gasteiger partial charge in [0.05, 0.1) is 12.4 Å². The fourth-order valence-corrected chi connectivity index (χ4v) is 1.72. The minimum atomic E-state index is 0.624. The average Bonchev–Trinajstić information content (AvgIpc) is 2.33. The number of aliphatic imine (C=N–C) groups is 1. The smallest absolute Gasteiger partial charge is 0.0831 e. The summed E-state index contributed by atoms with van der Waals surface area (Å²) in [5.74, 6) is 0. The molecule has 0 aromatic heterocycles. The van der Waals surface area contributed by atoms with Gasteiger partial charge in [0.25, 0.3) is 0 Å². The van der Waals surface area contributed by atoms with Crippen molar-refractivity contribution in [1.82, 2.24) is 5.32 Å². The predicted octanol–water partition coefficient (Wildman–Crippen LogP) is 0.929. The maximum Gasteiger partial charge on any atom is 0.0831 e. The first kappa shape index (κ1) is 5.27. The molecule has 0 bridgehead atoms. The highest BCUT2D eigenvalue weighted by atomic mass is 15.1. The summed E-state index contributed by atoms with van der Waals surface area (Å²) in [4.78, 5) is 4.32. The van der Waals surface area contributed by atoms with Crippen molar-refractivity contribution >= 4 is 6.34 Å². The Morgan fingerprint density at radius 3 is 3.11 bits per heavy atom. The Bertz CT molecular complexity index is 131. The standard InChI is InChI=1S/C7H12N2/c1-2-4-7-6(3-1)8-5-9-7/h5-7H,1-4H2,(H,8,9). The van der Waals surface area contributed by atoms with Crippen molar-refractivity contribution in [1.29, 1.82) is 0 Å². The number of nitrogens with zero attached hydrogens (tertiary/aromatic N) is 1. The van der Waals surface area contributed by atoms with Gasteiger partial charge >= 0.3 is 0 Å². The quantitative estimate of drug-likeness (QED) is 0.510. The molecule has 2 nitrogen and oxygen atoms in total. The van der Waals surface area contributed by atoms with E-state index in [0.717, 1.165) is 0 Å². The summed E-state index contributed by atoms with van der Waals surface area (Å²) in [6, 6.07) is 1.32. The van der Waals surface area contributed by atoms with E-state index in [1.54, 1.807) is 0 Å². The molecule has 50 valence electrons. The van der Waals surface area contributed by atoms with E-state index in [4.69, 9.17) is 0 Å². The monoisotopic (exact) mass is 124 g/mol. The van der Waals surface area contributed by atoms with Crippen LogP contribution in [-0.4, -0.2) is 18.4 Å². The van der Waals surface area contributed by atoms with Crippen molar-refractivity contribution in [3.63, 3.8) is 0 Å². The van der Waals surface area contributed by atoms with Crippen LogP contribution in [0.1, 0.15) is 25.7 Å². The Labute approximate surface area is 55.4 Å². The summed E-state index contributed by atoms with van der Waals surface area (Å²) < 4.78 is 0. The molecule has 1 aliphatic heterocycles. The van der Waals surface area contributed by atoms with Crippen LogP contribution < -0.4 is 5.32 Å². The van der Waals surface area contributed by atoms with Crippen LogP contribution in [0.4, 0.5) is 0 Å². The van der Waals surface area contributed by atoms with Crippen molar-refractivity contribution in [3.8, 4) is 0 Å². The number of fused-ring (bicyclic) bond motifs is 1. The van der Waals surface area contributed by atoms with Crippen LogP contribution in [0, 0.1) is 0 Å². The summed E-state index contributed by atoms with van der Waals surface area (Å²) in [6.45, 7) is 0. The Hall–Kier alpha value is -0.530. The third-order valence-corrected chi connectivity index (χ3v) is 2.28. The minimum Gasteiger partial charge on any atom is -0.372 e. The lowest BCUT2D eigenvalue weighted by Crippen LogP contribution is -2.34. The van der Waals surface area contributed by atoms with E-state index in [1.807, 2.05) is 6.34 Å². The fourth-order valence-electron chi connectivity index (χ4n) is 1.72. The van der Waals surface area contributed by atoms with Crippen LogP contribution in [0.3, 0.4) is 0 Å². The van der Waals surface area contributed by atoms with Gasteiger partial charge in [0.1, 0.15) is 0 Å². The lowest BCUT2D eigenvalue weighted by Gasteiger charge is -2.22. The molecular formula is C7H12N2. The van der Waals surface area contributed by atoms with Crippen molar-refractivity contribution in [2.45, 2.75) is 37.8 Å². The normalized spacial score (nSPS) is 40.0. The van der Waals surface area contributed by atoms with Crippen LogP contribution in [0.2, 0.25) is 0 Å². The van der Waals surface area contributed by atoms with Gasteiger partial charge in [-0.25, -0.2) is 0 Å². The molecule has 0 aromatic carbocycles. The van der Waals surface area contributed by atoms with E-state index in [2.05, 4.69) is 10.3 Å². The molecule has 1 N–H and O–H groups in total. The Morgan fingerprint density at radius 1 is 1.33 bits per heavy atom. The number of rotatable bonds is 0. The van der Waals surface area contributed by atoms with E-state index in [9.17, 15) is 0 Å². The fraction of sp³-hybridized carbons (Fsp3) is 0.857. The zero-order valence-electron chi connectivity index (χ0n) is 5.51. The summed E-state index contributed by atoms with van der Waals surface area (Å²) in [7, 11) is 0. The van der Waals surface area contributed by atoms with Crippen LogP contribution >= 0.6 is 0 Å². The van der Waals surface area contributed by atoms with Crippen molar-refractivity contribution in [3.05, 3.63) is 0 Å². The summed E-state index contributed by atoms with van der Waals surface area (Å²) >= 11 is 0. The first-order valence-electron chi connectivity index (χ1n) is 3.74. The molecule has 9 heavy (non-hydrogen) atoms. The molecule has 1 saturated carbocycles. The maximum atomic E-state index is 4.32. The highest BCUT2D eigenvalue weighted by Gasteiger charge is 2.25. The maximum absolute atomic E-state index is 4.32. The number of nitrogens with one attached hydrogen (secondary N) is 1. The molecule has 0 amide bonds. The van der Waals surface area contributed by atoms with Crippen molar-refractivity contribution in [2.75, 3.05) is 0 Å². The SMILES string of the molecule is C1=NC2CCCCC2N1. The molecule has 2 aliphatic rings. The molecule has 0 saturated heterocycles. The van der Waals surface area contributed by atoms with Gasteiger partial charge < -0.3 is 5.32 Å². The van der Waals surface area contributed by atoms with Crippen LogP contribution in [0.15, 0.2) is 4.99 Å². The van der Waals surface area contributed by atoms with Crippen molar-refractivity contribution in [2.24, 2.45) is 4.99 Å². The molecule has 1 aliphatic carbocycles. The van der Waals surface area contributed by atoms with E-state index in [-0.39, 0.29) is 0 Å². The van der Waals surface area contributed by atoms with E-state index < -0.39 is 0 Å². The summed E-state index contributed by atoms with van der Waals surface area (Å²) in [6.07, 6.45) is 7.26. The molecule has 0 radical (unpaired) electrons. The molecule has 2 unspecified atom stereocenters. The van der Waals surface area contributed by atoms with Crippen molar-refractivity contribution < 1.29 is 0 Å².